The lowest BCUT2D eigenvalue weighted by Gasteiger charge is -2.45. The highest BCUT2D eigenvalue weighted by Crippen LogP contribution is 2.55. The maximum absolute atomic E-state index is 6.95. The molecule has 5 nitrogen and oxygen atoms in total. The smallest absolute Gasteiger partial charge is 0.228 e. The summed E-state index contributed by atoms with van der Waals surface area (Å²) < 4.78 is 12.5. The van der Waals surface area contributed by atoms with Gasteiger partial charge < -0.3 is 19.3 Å². The highest BCUT2D eigenvalue weighted by atomic mass is 16.5. The van der Waals surface area contributed by atoms with Crippen LogP contribution >= 0.6 is 0 Å². The van der Waals surface area contributed by atoms with Crippen molar-refractivity contribution in [3.05, 3.63) is 60.2 Å². The Morgan fingerprint density at radius 2 is 1.61 bits per heavy atom. The van der Waals surface area contributed by atoms with Crippen molar-refractivity contribution in [2.75, 3.05) is 43.2 Å². The third-order valence-electron chi connectivity index (χ3n) is 7.28. The molecule has 0 saturated carbocycles. The summed E-state index contributed by atoms with van der Waals surface area (Å²) in [6, 6.07) is 19.2. The van der Waals surface area contributed by atoms with E-state index in [1.165, 1.54) is 22.3 Å². The minimum atomic E-state index is -0.672. The van der Waals surface area contributed by atoms with E-state index < -0.39 is 5.72 Å². The van der Waals surface area contributed by atoms with Gasteiger partial charge in [0.15, 0.2) is 5.75 Å². The maximum atomic E-state index is 6.95. The topological polar surface area (TPSA) is 37.3 Å². The monoisotopic (exact) mass is 413 g/mol. The zero-order valence-corrected chi connectivity index (χ0v) is 18.3. The first-order valence-electron chi connectivity index (χ1n) is 11.0. The number of fused-ring (bicyclic) bond motifs is 4. The molecule has 31 heavy (non-hydrogen) atoms. The lowest BCUT2D eigenvalue weighted by Crippen LogP contribution is -2.61. The zero-order chi connectivity index (χ0) is 21.2. The first-order chi connectivity index (χ1) is 15.0. The molecule has 3 aromatic rings. The largest absolute Gasteiger partial charge is 0.459 e. The van der Waals surface area contributed by atoms with Gasteiger partial charge in [0, 0.05) is 48.4 Å². The molecule has 3 aliphatic rings. The third-order valence-corrected chi connectivity index (χ3v) is 7.28. The molecule has 6 rings (SSSR count). The molecule has 3 aromatic carbocycles. The highest BCUT2D eigenvalue weighted by Gasteiger charge is 2.58. The quantitative estimate of drug-likeness (QED) is 0.569. The van der Waals surface area contributed by atoms with Crippen LogP contribution in [0.2, 0.25) is 0 Å². The average molecular weight is 414 g/mol. The van der Waals surface area contributed by atoms with Crippen molar-refractivity contribution >= 4 is 34.0 Å². The lowest BCUT2D eigenvalue weighted by molar-refractivity contribution is 0.0826. The summed E-state index contributed by atoms with van der Waals surface area (Å²) in [6.07, 6.45) is 2.01. The fourth-order valence-corrected chi connectivity index (χ4v) is 5.47. The van der Waals surface area contributed by atoms with E-state index in [-0.39, 0.29) is 5.41 Å². The Kier molecular flexibility index (Phi) is 3.90. The first kappa shape index (κ1) is 18.7. The van der Waals surface area contributed by atoms with E-state index in [9.17, 15) is 0 Å². The molecule has 0 radical (unpaired) electrons. The number of morpholine rings is 1. The summed E-state index contributed by atoms with van der Waals surface area (Å²) in [5.41, 5.74) is 3.65. The molecule has 1 saturated heterocycles. The number of hydrogen-bond donors (Lipinski definition) is 0. The van der Waals surface area contributed by atoms with Crippen LogP contribution in [0.3, 0.4) is 0 Å². The van der Waals surface area contributed by atoms with Crippen LogP contribution in [-0.4, -0.2) is 45.3 Å². The van der Waals surface area contributed by atoms with Gasteiger partial charge in [0.25, 0.3) is 0 Å². The molecule has 1 fully saturated rings. The number of para-hydroxylation sites is 1. The number of hydrogen-bond acceptors (Lipinski definition) is 5. The Hall–Kier alpha value is -3.05. The molecule has 1 spiro atoms. The second-order valence-electron chi connectivity index (χ2n) is 9.15. The van der Waals surface area contributed by atoms with Crippen molar-refractivity contribution in [1.82, 2.24) is 0 Å². The standard InChI is InChI=1S/C26H27N3O2/c1-25(2)20-10-6-7-11-21(20)28(3)26(25)17-27-24-19-9-5-4-8-18(19)22(16-23(24)31-26)29-12-14-30-15-13-29/h4-11,16-17H,12-15H2,1-3H3/t26-/m0/s1. The summed E-state index contributed by atoms with van der Waals surface area (Å²) in [4.78, 5) is 9.67. The number of aliphatic imine (C=N–C) groups is 1. The minimum Gasteiger partial charge on any atom is -0.459 e. The van der Waals surface area contributed by atoms with Crippen LogP contribution in [0.4, 0.5) is 17.1 Å². The van der Waals surface area contributed by atoms with Gasteiger partial charge >= 0.3 is 0 Å². The maximum Gasteiger partial charge on any atom is 0.228 e. The van der Waals surface area contributed by atoms with Gasteiger partial charge in [-0.1, -0.05) is 42.5 Å². The van der Waals surface area contributed by atoms with Crippen LogP contribution in [0.1, 0.15) is 19.4 Å². The van der Waals surface area contributed by atoms with Crippen LogP contribution in [0, 0.1) is 0 Å². The Morgan fingerprint density at radius 1 is 0.903 bits per heavy atom. The molecule has 0 bridgehead atoms. The molecule has 158 valence electrons. The number of benzene rings is 3. The van der Waals surface area contributed by atoms with Crippen molar-refractivity contribution in [3.63, 3.8) is 0 Å². The van der Waals surface area contributed by atoms with Crippen molar-refractivity contribution in [2.45, 2.75) is 25.0 Å². The molecule has 3 heterocycles. The molecule has 5 heteroatoms. The number of rotatable bonds is 1. The van der Waals surface area contributed by atoms with E-state index in [1.54, 1.807) is 0 Å². The summed E-state index contributed by atoms with van der Waals surface area (Å²) in [5, 5.41) is 2.34. The summed E-state index contributed by atoms with van der Waals surface area (Å²) in [5.74, 6) is 0.843. The van der Waals surface area contributed by atoms with Crippen LogP contribution < -0.4 is 14.5 Å². The predicted molar refractivity (Wildman–Crippen MR) is 126 cm³/mol. The lowest BCUT2D eigenvalue weighted by atomic mass is 9.77. The van der Waals surface area contributed by atoms with E-state index in [4.69, 9.17) is 14.5 Å². The molecular formula is C26H27N3O2. The van der Waals surface area contributed by atoms with E-state index in [2.05, 4.69) is 85.3 Å². The number of likely N-dealkylation sites (N-methyl/N-ethyl adjacent to an activating group) is 1. The molecule has 0 N–H and O–H groups in total. The van der Waals surface area contributed by atoms with Crippen molar-refractivity contribution in [3.8, 4) is 5.75 Å². The molecular weight excluding hydrogens is 386 g/mol. The Bertz CT molecular complexity index is 1210. The number of anilines is 2. The van der Waals surface area contributed by atoms with Gasteiger partial charge in [-0.2, -0.15) is 0 Å². The van der Waals surface area contributed by atoms with Gasteiger partial charge in [0.2, 0.25) is 5.72 Å². The van der Waals surface area contributed by atoms with Gasteiger partial charge in [0.1, 0.15) is 5.69 Å². The third kappa shape index (κ3) is 2.44. The molecule has 0 amide bonds. The molecule has 3 aliphatic heterocycles. The number of ether oxygens (including phenoxy) is 2. The Labute approximate surface area is 182 Å². The van der Waals surface area contributed by atoms with Crippen LogP contribution in [0.25, 0.3) is 10.8 Å². The van der Waals surface area contributed by atoms with Gasteiger partial charge in [-0.15, -0.1) is 0 Å². The fourth-order valence-electron chi connectivity index (χ4n) is 5.47. The van der Waals surface area contributed by atoms with Gasteiger partial charge in [-0.25, -0.2) is 0 Å². The second kappa shape index (κ2) is 6.47. The minimum absolute atomic E-state index is 0.260. The highest BCUT2D eigenvalue weighted by molar-refractivity contribution is 6.06. The van der Waals surface area contributed by atoms with Crippen LogP contribution in [0.15, 0.2) is 59.6 Å². The van der Waals surface area contributed by atoms with E-state index >= 15 is 0 Å². The van der Waals surface area contributed by atoms with Crippen LogP contribution in [-0.2, 0) is 10.2 Å². The SMILES string of the molecule is CN1c2ccccc2C(C)(C)[C@@]12C=Nc1c(cc(N3CCOCC3)c3ccccc13)O2. The van der Waals surface area contributed by atoms with E-state index in [0.29, 0.717) is 0 Å². The molecule has 0 aliphatic carbocycles. The van der Waals surface area contributed by atoms with Gasteiger partial charge in [-0.3, -0.25) is 4.99 Å². The second-order valence-corrected chi connectivity index (χ2v) is 9.15. The Balaban J connectivity index is 1.53. The summed E-state index contributed by atoms with van der Waals surface area (Å²) in [7, 11) is 2.11. The van der Waals surface area contributed by atoms with E-state index in [0.717, 1.165) is 43.1 Å². The fraction of sp³-hybridized carbons (Fsp3) is 0.346. The first-order valence-corrected chi connectivity index (χ1v) is 11.0. The molecule has 0 aromatic heterocycles. The normalized spacial score (nSPS) is 23.7. The summed E-state index contributed by atoms with van der Waals surface area (Å²) in [6.45, 7) is 7.76. The molecule has 1 atom stereocenters. The predicted octanol–water partition coefficient (Wildman–Crippen LogP) is 4.90. The van der Waals surface area contributed by atoms with Crippen molar-refractivity contribution in [1.29, 1.82) is 0 Å². The molecule has 0 unspecified atom stereocenters. The Morgan fingerprint density at radius 3 is 2.39 bits per heavy atom. The summed E-state index contributed by atoms with van der Waals surface area (Å²) >= 11 is 0. The van der Waals surface area contributed by atoms with Gasteiger partial charge in [0.05, 0.1) is 24.8 Å². The van der Waals surface area contributed by atoms with Gasteiger partial charge in [-0.05, 0) is 25.5 Å². The number of nitrogens with zero attached hydrogens (tertiary/aromatic N) is 3. The zero-order valence-electron chi connectivity index (χ0n) is 18.3. The van der Waals surface area contributed by atoms with Crippen molar-refractivity contribution in [2.24, 2.45) is 4.99 Å². The van der Waals surface area contributed by atoms with Crippen molar-refractivity contribution < 1.29 is 9.47 Å². The van der Waals surface area contributed by atoms with E-state index in [1.807, 2.05) is 6.21 Å². The van der Waals surface area contributed by atoms with Crippen LogP contribution in [0.5, 0.6) is 5.75 Å². The average Bonchev–Trinajstić information content (AvgIpc) is 2.97.